The minimum absolute atomic E-state index is 0.0455. The summed E-state index contributed by atoms with van der Waals surface area (Å²) in [6, 6.07) is 16.0. The van der Waals surface area contributed by atoms with E-state index in [2.05, 4.69) is 5.32 Å². The molecule has 0 saturated heterocycles. The lowest BCUT2D eigenvalue weighted by Gasteiger charge is -2.25. The Bertz CT molecular complexity index is 1300. The van der Waals surface area contributed by atoms with Crippen molar-refractivity contribution in [2.75, 3.05) is 23.3 Å². The summed E-state index contributed by atoms with van der Waals surface area (Å²) in [7, 11) is -2.79. The minimum Gasteiger partial charge on any atom is -0.495 e. The Hall–Kier alpha value is -3.63. The zero-order valence-corrected chi connectivity index (χ0v) is 19.3. The first-order valence-corrected chi connectivity index (χ1v) is 11.4. The number of anilines is 2. The SMILES string of the molecule is COc1ccc([N+](=O)[O-])cc1NC(=O)CN(c1ccccc1C)S(=O)(=O)c1ccc(Cl)cc1. The number of nitrogens with one attached hydrogen (secondary N) is 1. The third kappa shape index (κ3) is 5.41. The molecule has 9 nitrogen and oxygen atoms in total. The molecule has 0 unspecified atom stereocenters. The van der Waals surface area contributed by atoms with Crippen molar-refractivity contribution in [3.8, 4) is 5.75 Å². The number of non-ortho nitro benzene ring substituents is 1. The van der Waals surface area contributed by atoms with E-state index in [1.807, 2.05) is 0 Å². The fourth-order valence-corrected chi connectivity index (χ4v) is 4.72. The molecule has 1 N–H and O–H groups in total. The molecule has 3 aromatic rings. The van der Waals surface area contributed by atoms with Gasteiger partial charge in [0.2, 0.25) is 5.91 Å². The summed E-state index contributed by atoms with van der Waals surface area (Å²) in [5.74, 6) is -0.522. The monoisotopic (exact) mass is 489 g/mol. The maximum Gasteiger partial charge on any atom is 0.271 e. The zero-order valence-electron chi connectivity index (χ0n) is 17.7. The maximum atomic E-state index is 13.4. The molecular weight excluding hydrogens is 470 g/mol. The van der Waals surface area contributed by atoms with E-state index in [1.54, 1.807) is 31.2 Å². The molecule has 0 atom stereocenters. The molecule has 0 aromatic heterocycles. The Morgan fingerprint density at radius 1 is 1.12 bits per heavy atom. The Morgan fingerprint density at radius 2 is 1.79 bits per heavy atom. The highest BCUT2D eigenvalue weighted by molar-refractivity contribution is 7.92. The number of methoxy groups -OCH3 is 1. The molecular formula is C22H20ClN3O6S. The van der Waals surface area contributed by atoms with Crippen molar-refractivity contribution in [2.45, 2.75) is 11.8 Å². The normalized spacial score (nSPS) is 11.0. The molecule has 3 rings (SSSR count). The number of hydrogen-bond donors (Lipinski definition) is 1. The van der Waals surface area contributed by atoms with Gasteiger partial charge in [-0.3, -0.25) is 19.2 Å². The van der Waals surface area contributed by atoms with Gasteiger partial charge in [-0.05, 0) is 48.9 Å². The average Bonchev–Trinajstić information content (AvgIpc) is 2.78. The zero-order chi connectivity index (χ0) is 24.2. The molecule has 0 aliphatic carbocycles. The van der Waals surface area contributed by atoms with Gasteiger partial charge in [0.1, 0.15) is 12.3 Å². The van der Waals surface area contributed by atoms with Crippen LogP contribution >= 0.6 is 11.6 Å². The van der Waals surface area contributed by atoms with Crippen LogP contribution in [0.25, 0.3) is 0 Å². The van der Waals surface area contributed by atoms with E-state index in [0.29, 0.717) is 16.3 Å². The number of benzene rings is 3. The van der Waals surface area contributed by atoms with Crippen molar-refractivity contribution in [2.24, 2.45) is 0 Å². The number of ether oxygens (including phenoxy) is 1. The Kier molecular flexibility index (Phi) is 7.19. The standard InChI is InChI=1S/C22H20ClN3O6S/c1-15-5-3-4-6-20(15)25(33(30,31)18-10-7-16(23)8-11-18)14-22(27)24-19-13-17(26(28)29)9-12-21(19)32-2/h3-13H,14H2,1-2H3,(H,24,27). The molecule has 33 heavy (non-hydrogen) atoms. The largest absolute Gasteiger partial charge is 0.495 e. The van der Waals surface area contributed by atoms with Gasteiger partial charge in [-0.2, -0.15) is 0 Å². The first-order valence-electron chi connectivity index (χ1n) is 9.59. The molecule has 0 aliphatic rings. The molecule has 0 bridgehead atoms. The molecule has 0 heterocycles. The predicted octanol–water partition coefficient (Wildman–Crippen LogP) is 4.40. The van der Waals surface area contributed by atoms with Crippen LogP contribution in [0.2, 0.25) is 5.02 Å². The van der Waals surface area contributed by atoms with Gasteiger partial charge in [0.25, 0.3) is 15.7 Å². The lowest BCUT2D eigenvalue weighted by atomic mass is 10.2. The third-order valence-electron chi connectivity index (χ3n) is 4.74. The summed E-state index contributed by atoms with van der Waals surface area (Å²) in [4.78, 5) is 23.4. The number of sulfonamides is 1. The summed E-state index contributed by atoms with van der Waals surface area (Å²) < 4.78 is 33.0. The van der Waals surface area contributed by atoms with Crippen molar-refractivity contribution < 1.29 is 22.9 Å². The summed E-state index contributed by atoms with van der Waals surface area (Å²) in [6.07, 6.45) is 0. The van der Waals surface area contributed by atoms with E-state index in [1.165, 1.54) is 43.5 Å². The molecule has 0 fully saturated rings. The number of aryl methyl sites for hydroxylation is 1. The number of nitro groups is 1. The quantitative estimate of drug-likeness (QED) is 0.370. The molecule has 1 amide bonds. The third-order valence-corrected chi connectivity index (χ3v) is 6.77. The lowest BCUT2D eigenvalue weighted by molar-refractivity contribution is -0.384. The fourth-order valence-electron chi connectivity index (χ4n) is 3.10. The van der Waals surface area contributed by atoms with Crippen LogP contribution in [-0.4, -0.2) is 32.9 Å². The Balaban J connectivity index is 1.99. The van der Waals surface area contributed by atoms with Gasteiger partial charge in [0.05, 0.1) is 28.3 Å². The van der Waals surface area contributed by atoms with Crippen molar-refractivity contribution in [3.63, 3.8) is 0 Å². The highest BCUT2D eigenvalue weighted by Gasteiger charge is 2.28. The number of rotatable bonds is 8. The second-order valence-electron chi connectivity index (χ2n) is 6.94. The van der Waals surface area contributed by atoms with E-state index < -0.39 is 27.4 Å². The van der Waals surface area contributed by atoms with Gasteiger partial charge in [-0.25, -0.2) is 8.42 Å². The summed E-state index contributed by atoms with van der Waals surface area (Å²) >= 11 is 5.89. The van der Waals surface area contributed by atoms with E-state index in [9.17, 15) is 23.3 Å². The van der Waals surface area contributed by atoms with Gasteiger partial charge in [-0.1, -0.05) is 29.8 Å². The van der Waals surface area contributed by atoms with Crippen molar-refractivity contribution in [1.29, 1.82) is 0 Å². The topological polar surface area (TPSA) is 119 Å². The Morgan fingerprint density at radius 3 is 2.39 bits per heavy atom. The summed E-state index contributed by atoms with van der Waals surface area (Å²) in [5.41, 5.74) is 0.741. The van der Waals surface area contributed by atoms with Crippen LogP contribution in [0, 0.1) is 17.0 Å². The van der Waals surface area contributed by atoms with Crippen LogP contribution in [0.15, 0.2) is 71.6 Å². The molecule has 0 radical (unpaired) electrons. The number of carbonyl (C=O) groups is 1. The predicted molar refractivity (Wildman–Crippen MR) is 125 cm³/mol. The van der Waals surface area contributed by atoms with Crippen LogP contribution in [-0.2, 0) is 14.8 Å². The number of nitro benzene ring substituents is 1. The number of para-hydroxylation sites is 1. The molecule has 0 spiro atoms. The van der Waals surface area contributed by atoms with Crippen LogP contribution in [0.3, 0.4) is 0 Å². The molecule has 11 heteroatoms. The average molecular weight is 490 g/mol. The van der Waals surface area contributed by atoms with Gasteiger partial charge in [0.15, 0.2) is 0 Å². The van der Waals surface area contributed by atoms with Crippen molar-refractivity contribution in [3.05, 3.63) is 87.4 Å². The number of amides is 1. The van der Waals surface area contributed by atoms with E-state index in [4.69, 9.17) is 16.3 Å². The highest BCUT2D eigenvalue weighted by Crippen LogP contribution is 2.30. The lowest BCUT2D eigenvalue weighted by Crippen LogP contribution is -2.38. The summed E-state index contributed by atoms with van der Waals surface area (Å²) in [6.45, 7) is 1.14. The van der Waals surface area contributed by atoms with E-state index in [-0.39, 0.29) is 22.0 Å². The first-order chi connectivity index (χ1) is 15.6. The number of halogens is 1. The number of carbonyl (C=O) groups excluding carboxylic acids is 1. The van der Waals surface area contributed by atoms with Crippen LogP contribution < -0.4 is 14.4 Å². The maximum absolute atomic E-state index is 13.4. The second kappa shape index (κ2) is 9.88. The van der Waals surface area contributed by atoms with Gasteiger partial charge in [-0.15, -0.1) is 0 Å². The van der Waals surface area contributed by atoms with Crippen LogP contribution in [0.1, 0.15) is 5.56 Å². The van der Waals surface area contributed by atoms with Gasteiger partial charge >= 0.3 is 0 Å². The van der Waals surface area contributed by atoms with Crippen LogP contribution in [0.4, 0.5) is 17.1 Å². The molecule has 3 aromatic carbocycles. The number of hydrogen-bond acceptors (Lipinski definition) is 6. The molecule has 0 saturated carbocycles. The molecule has 0 aliphatic heterocycles. The van der Waals surface area contributed by atoms with Crippen LogP contribution in [0.5, 0.6) is 5.75 Å². The summed E-state index contributed by atoms with van der Waals surface area (Å²) in [5, 5.41) is 14.0. The van der Waals surface area contributed by atoms with Gasteiger partial charge in [0, 0.05) is 17.2 Å². The van der Waals surface area contributed by atoms with Crippen molar-refractivity contribution >= 4 is 44.6 Å². The smallest absolute Gasteiger partial charge is 0.271 e. The second-order valence-corrected chi connectivity index (χ2v) is 9.24. The van der Waals surface area contributed by atoms with E-state index >= 15 is 0 Å². The van der Waals surface area contributed by atoms with Crippen molar-refractivity contribution in [1.82, 2.24) is 0 Å². The minimum atomic E-state index is -4.14. The van der Waals surface area contributed by atoms with E-state index in [0.717, 1.165) is 10.4 Å². The fraction of sp³-hybridized carbons (Fsp3) is 0.136. The molecule has 172 valence electrons. The number of nitrogens with zero attached hydrogens (tertiary/aromatic N) is 2. The van der Waals surface area contributed by atoms with Gasteiger partial charge < -0.3 is 10.1 Å². The first kappa shape index (κ1) is 24.0. The highest BCUT2D eigenvalue weighted by atomic mass is 35.5. The Labute approximate surface area is 195 Å².